The number of nitrogens with one attached hydrogen (secondary N) is 1. The normalized spacial score (nSPS) is 10.6. The van der Waals surface area contributed by atoms with Crippen molar-refractivity contribution in [3.63, 3.8) is 0 Å². The van der Waals surface area contributed by atoms with Crippen molar-refractivity contribution < 1.29 is 4.79 Å². The second kappa shape index (κ2) is 6.02. The van der Waals surface area contributed by atoms with E-state index in [9.17, 15) is 4.79 Å². The number of nitrogens with zero attached hydrogens (tertiary/aromatic N) is 5. The maximum absolute atomic E-state index is 12.7. The second-order valence-electron chi connectivity index (χ2n) is 4.82. The highest BCUT2D eigenvalue weighted by molar-refractivity contribution is 7.05. The average Bonchev–Trinajstić information content (AvgIpc) is 3.19. The van der Waals surface area contributed by atoms with Crippen LogP contribution in [0, 0.1) is 6.92 Å². The van der Waals surface area contributed by atoms with Crippen LogP contribution in [-0.2, 0) is 6.54 Å². The van der Waals surface area contributed by atoms with Crippen molar-refractivity contribution in [3.8, 4) is 11.4 Å². The summed E-state index contributed by atoms with van der Waals surface area (Å²) in [5.41, 5.74) is 2.17. The van der Waals surface area contributed by atoms with Gasteiger partial charge in [-0.1, -0.05) is 22.7 Å². The number of aromatic amines is 1. The van der Waals surface area contributed by atoms with Crippen molar-refractivity contribution in [2.45, 2.75) is 13.5 Å². The summed E-state index contributed by atoms with van der Waals surface area (Å²) in [6, 6.07) is 7.34. The third-order valence-electron chi connectivity index (χ3n) is 3.30. The van der Waals surface area contributed by atoms with Crippen LogP contribution in [-0.4, -0.2) is 42.6 Å². The SMILES string of the molecule is Cc1nnsc1CN(C)C(=O)c1ccccc1-c1ncn[nH]1. The number of carbonyl (C=O) groups is 1. The maximum Gasteiger partial charge on any atom is 0.254 e. The van der Waals surface area contributed by atoms with Gasteiger partial charge in [0, 0.05) is 12.6 Å². The summed E-state index contributed by atoms with van der Waals surface area (Å²) in [5, 5.41) is 10.6. The molecule has 0 spiro atoms. The summed E-state index contributed by atoms with van der Waals surface area (Å²) in [4.78, 5) is 19.5. The predicted molar refractivity (Wildman–Crippen MR) is 82.3 cm³/mol. The summed E-state index contributed by atoms with van der Waals surface area (Å²) in [6.45, 7) is 2.37. The lowest BCUT2D eigenvalue weighted by Crippen LogP contribution is -2.26. The molecule has 0 aliphatic rings. The van der Waals surface area contributed by atoms with Crippen LogP contribution in [0.3, 0.4) is 0 Å². The van der Waals surface area contributed by atoms with Gasteiger partial charge < -0.3 is 4.90 Å². The zero-order valence-electron chi connectivity index (χ0n) is 12.1. The molecule has 3 rings (SSSR count). The summed E-state index contributed by atoms with van der Waals surface area (Å²) in [7, 11) is 1.76. The second-order valence-corrected chi connectivity index (χ2v) is 5.66. The first-order valence-electron chi connectivity index (χ1n) is 6.65. The van der Waals surface area contributed by atoms with Crippen LogP contribution in [0.1, 0.15) is 20.9 Å². The molecule has 0 bridgehead atoms. The fraction of sp³-hybridized carbons (Fsp3) is 0.214. The molecule has 0 saturated carbocycles. The minimum atomic E-state index is -0.0835. The Kier molecular flexibility index (Phi) is 3.92. The molecule has 2 aromatic heterocycles. The molecule has 22 heavy (non-hydrogen) atoms. The van der Waals surface area contributed by atoms with Crippen molar-refractivity contribution in [2.75, 3.05) is 7.05 Å². The molecule has 7 nitrogen and oxygen atoms in total. The third kappa shape index (κ3) is 2.73. The van der Waals surface area contributed by atoms with E-state index in [1.807, 2.05) is 25.1 Å². The molecule has 0 aliphatic carbocycles. The Morgan fingerprint density at radius 1 is 1.36 bits per heavy atom. The summed E-state index contributed by atoms with van der Waals surface area (Å²) in [5.74, 6) is 0.493. The number of aromatic nitrogens is 5. The van der Waals surface area contributed by atoms with Crippen LogP contribution in [0.25, 0.3) is 11.4 Å². The lowest BCUT2D eigenvalue weighted by Gasteiger charge is -2.17. The molecule has 8 heteroatoms. The molecule has 3 aromatic rings. The van der Waals surface area contributed by atoms with Gasteiger partial charge in [-0.2, -0.15) is 5.10 Å². The van der Waals surface area contributed by atoms with Gasteiger partial charge in [0.15, 0.2) is 5.82 Å². The Balaban J connectivity index is 1.88. The van der Waals surface area contributed by atoms with E-state index in [0.717, 1.165) is 16.1 Å². The summed E-state index contributed by atoms with van der Waals surface area (Å²) >= 11 is 1.31. The molecule has 1 N–H and O–H groups in total. The average molecular weight is 314 g/mol. The highest BCUT2D eigenvalue weighted by Gasteiger charge is 2.19. The van der Waals surface area contributed by atoms with Crippen LogP contribution in [0.15, 0.2) is 30.6 Å². The largest absolute Gasteiger partial charge is 0.336 e. The van der Waals surface area contributed by atoms with E-state index >= 15 is 0 Å². The lowest BCUT2D eigenvalue weighted by molar-refractivity contribution is 0.0787. The minimum Gasteiger partial charge on any atom is -0.336 e. The van der Waals surface area contributed by atoms with E-state index in [1.54, 1.807) is 18.0 Å². The van der Waals surface area contributed by atoms with Crippen molar-refractivity contribution in [2.24, 2.45) is 0 Å². The van der Waals surface area contributed by atoms with Crippen molar-refractivity contribution in [1.82, 2.24) is 29.7 Å². The predicted octanol–water partition coefficient (Wildman–Crippen LogP) is 1.90. The van der Waals surface area contributed by atoms with Gasteiger partial charge in [0.05, 0.1) is 22.7 Å². The van der Waals surface area contributed by atoms with Gasteiger partial charge in [0.2, 0.25) is 0 Å². The van der Waals surface area contributed by atoms with Crippen molar-refractivity contribution in [1.29, 1.82) is 0 Å². The summed E-state index contributed by atoms with van der Waals surface area (Å²) in [6.07, 6.45) is 1.42. The van der Waals surface area contributed by atoms with Crippen LogP contribution in [0.4, 0.5) is 0 Å². The molecule has 112 valence electrons. The third-order valence-corrected chi connectivity index (χ3v) is 4.11. The molecule has 1 aromatic carbocycles. The number of carbonyl (C=O) groups excluding carboxylic acids is 1. The molecular formula is C14H14N6OS. The van der Waals surface area contributed by atoms with E-state index in [4.69, 9.17) is 0 Å². The molecule has 2 heterocycles. The van der Waals surface area contributed by atoms with E-state index < -0.39 is 0 Å². The molecule has 0 saturated heterocycles. The van der Waals surface area contributed by atoms with Gasteiger partial charge in [0.25, 0.3) is 5.91 Å². The number of rotatable bonds is 4. The number of H-pyrrole nitrogens is 1. The molecular weight excluding hydrogens is 300 g/mol. The highest BCUT2D eigenvalue weighted by atomic mass is 32.1. The maximum atomic E-state index is 12.7. The minimum absolute atomic E-state index is 0.0835. The van der Waals surface area contributed by atoms with Crippen LogP contribution < -0.4 is 0 Å². The topological polar surface area (TPSA) is 87.7 Å². The van der Waals surface area contributed by atoms with Gasteiger partial charge in [0.1, 0.15) is 6.33 Å². The quantitative estimate of drug-likeness (QED) is 0.794. The Labute approximate surface area is 131 Å². The van der Waals surface area contributed by atoms with Gasteiger partial charge in [-0.3, -0.25) is 9.89 Å². The first kappa shape index (κ1) is 14.3. The number of aryl methyl sites for hydroxylation is 1. The molecule has 0 unspecified atom stereocenters. The van der Waals surface area contributed by atoms with Crippen molar-refractivity contribution in [3.05, 3.63) is 46.7 Å². The van der Waals surface area contributed by atoms with Crippen molar-refractivity contribution >= 4 is 17.4 Å². The Morgan fingerprint density at radius 3 is 2.86 bits per heavy atom. The first-order chi connectivity index (χ1) is 10.7. The standard InChI is InChI=1S/C14H14N6OS/c1-9-12(22-19-17-9)7-20(2)14(21)11-6-4-3-5-10(11)13-15-8-16-18-13/h3-6,8H,7H2,1-2H3,(H,15,16,18). The highest BCUT2D eigenvalue weighted by Crippen LogP contribution is 2.22. The Morgan fingerprint density at radius 2 is 2.18 bits per heavy atom. The van der Waals surface area contributed by atoms with Gasteiger partial charge in [-0.25, -0.2) is 4.98 Å². The van der Waals surface area contributed by atoms with Gasteiger partial charge in [-0.05, 0) is 24.5 Å². The number of benzene rings is 1. The van der Waals surface area contributed by atoms with Gasteiger partial charge >= 0.3 is 0 Å². The fourth-order valence-corrected chi connectivity index (χ4v) is 2.79. The van der Waals surface area contributed by atoms with Gasteiger partial charge in [-0.15, -0.1) is 5.10 Å². The van der Waals surface area contributed by atoms with Crippen LogP contribution in [0.2, 0.25) is 0 Å². The molecule has 0 atom stereocenters. The number of amides is 1. The van der Waals surface area contributed by atoms with Crippen LogP contribution in [0.5, 0.6) is 0 Å². The molecule has 0 radical (unpaired) electrons. The van der Waals surface area contributed by atoms with E-state index in [-0.39, 0.29) is 5.91 Å². The fourth-order valence-electron chi connectivity index (χ4n) is 2.10. The zero-order chi connectivity index (χ0) is 15.5. The van der Waals surface area contributed by atoms with Crippen LogP contribution >= 0.6 is 11.5 Å². The Bertz CT molecular complexity index is 782. The number of hydrogen-bond donors (Lipinski definition) is 1. The molecule has 1 amide bonds. The lowest BCUT2D eigenvalue weighted by atomic mass is 10.1. The smallest absolute Gasteiger partial charge is 0.254 e. The van der Waals surface area contributed by atoms with E-state index in [1.165, 1.54) is 17.9 Å². The summed E-state index contributed by atoms with van der Waals surface area (Å²) < 4.78 is 3.90. The molecule has 0 fully saturated rings. The monoisotopic (exact) mass is 314 g/mol. The van der Waals surface area contributed by atoms with E-state index in [2.05, 4.69) is 24.8 Å². The number of hydrogen-bond acceptors (Lipinski definition) is 6. The first-order valence-corrected chi connectivity index (χ1v) is 7.42. The zero-order valence-corrected chi connectivity index (χ0v) is 13.0. The Hall–Kier alpha value is -2.61. The molecule has 0 aliphatic heterocycles. The van der Waals surface area contributed by atoms with E-state index in [0.29, 0.717) is 17.9 Å².